The molecule has 2 nitrogen and oxygen atoms in total. The van der Waals surface area contributed by atoms with E-state index in [2.05, 4.69) is 0 Å². The average Bonchev–Trinajstić information content (AvgIpc) is 2.75. The topological polar surface area (TPSA) is 40.5 Å². The van der Waals surface area contributed by atoms with Gasteiger partial charge in [-0.05, 0) is 30.2 Å². The van der Waals surface area contributed by atoms with Crippen LogP contribution in [0.15, 0.2) is 11.4 Å². The molecular weight excluding hydrogens is 244 g/mol. The minimum absolute atomic E-state index is 0.224. The number of aliphatic hydroxyl groups is 2. The number of rotatable bonds is 3. The van der Waals surface area contributed by atoms with E-state index >= 15 is 0 Å². The molecule has 0 spiro atoms. The molecule has 1 fully saturated rings. The van der Waals surface area contributed by atoms with Crippen LogP contribution < -0.4 is 0 Å². The summed E-state index contributed by atoms with van der Waals surface area (Å²) in [6, 6.07) is 1.76. The highest BCUT2D eigenvalue weighted by atomic mass is 35.5. The lowest BCUT2D eigenvalue weighted by Gasteiger charge is -2.29. The molecule has 0 bridgehead atoms. The van der Waals surface area contributed by atoms with E-state index in [0.29, 0.717) is 9.90 Å². The van der Waals surface area contributed by atoms with E-state index in [1.54, 1.807) is 6.07 Å². The maximum Gasteiger partial charge on any atom is 0.116 e. The fraction of sp³-hybridized carbons (Fsp3) is 0.667. The van der Waals surface area contributed by atoms with Gasteiger partial charge >= 0.3 is 0 Å². The van der Waals surface area contributed by atoms with Gasteiger partial charge in [-0.2, -0.15) is 0 Å². The second kappa shape index (κ2) is 5.50. The highest BCUT2D eigenvalue weighted by Gasteiger charge is 2.30. The Labute approximate surface area is 105 Å². The van der Waals surface area contributed by atoms with E-state index in [9.17, 15) is 10.2 Å². The lowest BCUT2D eigenvalue weighted by atomic mass is 9.83. The maximum absolute atomic E-state index is 10.1. The molecule has 1 aromatic heterocycles. The summed E-state index contributed by atoms with van der Waals surface area (Å²) in [6.07, 6.45) is 4.10. The highest BCUT2D eigenvalue weighted by Crippen LogP contribution is 2.36. The normalized spacial score (nSPS) is 21.9. The van der Waals surface area contributed by atoms with E-state index in [1.165, 1.54) is 17.8 Å². The van der Waals surface area contributed by atoms with E-state index in [0.717, 1.165) is 25.7 Å². The van der Waals surface area contributed by atoms with Crippen molar-refractivity contribution < 1.29 is 10.2 Å². The smallest absolute Gasteiger partial charge is 0.116 e. The third-order valence-electron chi connectivity index (χ3n) is 3.37. The summed E-state index contributed by atoms with van der Waals surface area (Å²) < 4.78 is 0. The summed E-state index contributed by atoms with van der Waals surface area (Å²) in [5.74, 6) is 0.224. The summed E-state index contributed by atoms with van der Waals surface area (Å²) >= 11 is 7.36. The first kappa shape index (κ1) is 12.4. The average molecular weight is 261 g/mol. The van der Waals surface area contributed by atoms with E-state index < -0.39 is 12.2 Å². The van der Waals surface area contributed by atoms with E-state index in [-0.39, 0.29) is 5.92 Å². The molecule has 2 unspecified atom stereocenters. The first-order valence-corrected chi connectivity index (χ1v) is 7.05. The predicted molar refractivity (Wildman–Crippen MR) is 66.9 cm³/mol. The van der Waals surface area contributed by atoms with Crippen LogP contribution in [-0.4, -0.2) is 16.3 Å². The lowest BCUT2D eigenvalue weighted by Crippen LogP contribution is -2.29. The molecule has 0 radical (unpaired) electrons. The van der Waals surface area contributed by atoms with Gasteiger partial charge in [0.05, 0.1) is 16.0 Å². The second-order valence-electron chi connectivity index (χ2n) is 4.47. The van der Waals surface area contributed by atoms with Gasteiger partial charge in [0.2, 0.25) is 0 Å². The number of aliphatic hydroxyl groups excluding tert-OH is 2. The molecule has 2 atom stereocenters. The van der Waals surface area contributed by atoms with Crippen LogP contribution in [-0.2, 0) is 0 Å². The molecule has 1 heterocycles. The molecule has 2 rings (SSSR count). The number of halogens is 1. The molecule has 0 saturated heterocycles. The monoisotopic (exact) mass is 260 g/mol. The fourth-order valence-corrected chi connectivity index (χ4v) is 3.60. The quantitative estimate of drug-likeness (QED) is 0.875. The van der Waals surface area contributed by atoms with Crippen molar-refractivity contribution in [2.75, 3.05) is 0 Å². The molecule has 1 aromatic rings. The van der Waals surface area contributed by atoms with Crippen molar-refractivity contribution in [3.8, 4) is 0 Å². The van der Waals surface area contributed by atoms with Crippen molar-refractivity contribution in [3.05, 3.63) is 21.3 Å². The molecular formula is C12H17ClO2S. The maximum atomic E-state index is 10.1. The predicted octanol–water partition coefficient (Wildman–Crippen LogP) is 3.38. The fourth-order valence-electron chi connectivity index (χ4n) is 2.41. The van der Waals surface area contributed by atoms with Crippen LogP contribution in [0.1, 0.15) is 43.1 Å². The first-order valence-electron chi connectivity index (χ1n) is 5.79. The highest BCUT2D eigenvalue weighted by molar-refractivity contribution is 7.10. The standard InChI is InChI=1S/C12H17ClO2S/c13-9-6-7-16-12(9)11(15)10(14)8-4-2-1-3-5-8/h6-8,10-11,14-15H,1-5H2. The molecule has 0 aliphatic heterocycles. The van der Waals surface area contributed by atoms with Crippen LogP contribution in [0.5, 0.6) is 0 Å². The molecule has 0 amide bonds. The van der Waals surface area contributed by atoms with Crippen LogP contribution in [0.4, 0.5) is 0 Å². The lowest BCUT2D eigenvalue weighted by molar-refractivity contribution is -0.0268. The Bertz CT molecular complexity index is 334. The van der Waals surface area contributed by atoms with Gasteiger partial charge in [-0.1, -0.05) is 30.9 Å². The van der Waals surface area contributed by atoms with Crippen molar-refractivity contribution in [3.63, 3.8) is 0 Å². The molecule has 1 aliphatic rings. The van der Waals surface area contributed by atoms with Crippen LogP contribution >= 0.6 is 22.9 Å². The van der Waals surface area contributed by atoms with E-state index in [1.807, 2.05) is 5.38 Å². The molecule has 2 N–H and O–H groups in total. The van der Waals surface area contributed by atoms with Gasteiger partial charge in [-0.3, -0.25) is 0 Å². The summed E-state index contributed by atoms with van der Waals surface area (Å²) in [6.45, 7) is 0. The number of thiophene rings is 1. The summed E-state index contributed by atoms with van der Waals surface area (Å²) in [5.41, 5.74) is 0. The van der Waals surface area contributed by atoms with Crippen molar-refractivity contribution in [1.29, 1.82) is 0 Å². The summed E-state index contributed by atoms with van der Waals surface area (Å²) in [7, 11) is 0. The molecule has 1 saturated carbocycles. The van der Waals surface area contributed by atoms with Crippen LogP contribution in [0.3, 0.4) is 0 Å². The Morgan fingerprint density at radius 2 is 1.94 bits per heavy atom. The van der Waals surface area contributed by atoms with Gasteiger partial charge in [-0.25, -0.2) is 0 Å². The first-order chi connectivity index (χ1) is 7.70. The van der Waals surface area contributed by atoms with Crippen molar-refractivity contribution >= 4 is 22.9 Å². The Kier molecular flexibility index (Phi) is 4.25. The van der Waals surface area contributed by atoms with Gasteiger partial charge in [0.15, 0.2) is 0 Å². The molecule has 1 aliphatic carbocycles. The summed E-state index contributed by atoms with van der Waals surface area (Å²) in [5, 5.41) is 22.6. The zero-order valence-corrected chi connectivity index (χ0v) is 10.7. The van der Waals surface area contributed by atoms with Crippen LogP contribution in [0.2, 0.25) is 5.02 Å². The summed E-state index contributed by atoms with van der Waals surface area (Å²) in [4.78, 5) is 0.694. The Hall–Kier alpha value is -0.0900. The van der Waals surface area contributed by atoms with Gasteiger partial charge < -0.3 is 10.2 Å². The van der Waals surface area contributed by atoms with Crippen molar-refractivity contribution in [2.24, 2.45) is 5.92 Å². The van der Waals surface area contributed by atoms with Crippen molar-refractivity contribution in [1.82, 2.24) is 0 Å². The molecule has 4 heteroatoms. The number of hydrogen-bond acceptors (Lipinski definition) is 3. The largest absolute Gasteiger partial charge is 0.390 e. The van der Waals surface area contributed by atoms with Gasteiger partial charge in [-0.15, -0.1) is 11.3 Å². The third kappa shape index (κ3) is 2.59. The Morgan fingerprint density at radius 3 is 2.50 bits per heavy atom. The molecule has 16 heavy (non-hydrogen) atoms. The zero-order chi connectivity index (χ0) is 11.5. The Balaban J connectivity index is 2.03. The zero-order valence-electron chi connectivity index (χ0n) is 9.10. The second-order valence-corrected chi connectivity index (χ2v) is 5.82. The van der Waals surface area contributed by atoms with Gasteiger partial charge in [0.1, 0.15) is 6.10 Å². The molecule has 90 valence electrons. The van der Waals surface area contributed by atoms with Crippen LogP contribution in [0, 0.1) is 5.92 Å². The third-order valence-corrected chi connectivity index (χ3v) is 4.80. The SMILES string of the molecule is OC(c1sccc1Cl)C(O)C1CCCCC1. The Morgan fingerprint density at radius 1 is 1.25 bits per heavy atom. The van der Waals surface area contributed by atoms with Gasteiger partial charge in [0.25, 0.3) is 0 Å². The number of hydrogen-bond donors (Lipinski definition) is 2. The minimum atomic E-state index is -0.824. The van der Waals surface area contributed by atoms with Gasteiger partial charge in [0, 0.05) is 0 Å². The van der Waals surface area contributed by atoms with Crippen LogP contribution in [0.25, 0.3) is 0 Å². The van der Waals surface area contributed by atoms with Crippen molar-refractivity contribution in [2.45, 2.75) is 44.3 Å². The minimum Gasteiger partial charge on any atom is -0.390 e. The van der Waals surface area contributed by atoms with E-state index in [4.69, 9.17) is 11.6 Å². The molecule has 0 aromatic carbocycles.